The number of pyridine rings is 1. The summed E-state index contributed by atoms with van der Waals surface area (Å²) in [5.41, 5.74) is 2.92. The molecule has 2 aromatic heterocycles. The summed E-state index contributed by atoms with van der Waals surface area (Å²) in [6.07, 6.45) is 1.54. The molecule has 0 saturated heterocycles. The smallest absolute Gasteiger partial charge is 0.149 e. The summed E-state index contributed by atoms with van der Waals surface area (Å²) < 4.78 is 122. The van der Waals surface area contributed by atoms with Crippen LogP contribution in [-0.4, -0.2) is 19.6 Å². The van der Waals surface area contributed by atoms with Crippen molar-refractivity contribution in [2.75, 3.05) is 0 Å². The molecular weight excluding hydrogens is 755 g/mol. The van der Waals surface area contributed by atoms with Crippen LogP contribution in [-0.2, 0) is 21.7 Å². The predicted octanol–water partition coefficient (Wildman–Crippen LogP) is 15.7. The van der Waals surface area contributed by atoms with Gasteiger partial charge >= 0.3 is 0 Å². The lowest BCUT2D eigenvalue weighted by molar-refractivity contribution is 0.446. The van der Waals surface area contributed by atoms with E-state index < -0.39 is 65.9 Å². The highest BCUT2D eigenvalue weighted by atomic mass is 16.3. The van der Waals surface area contributed by atoms with Gasteiger partial charge in [-0.2, -0.15) is 0 Å². The monoisotopic (exact) mass is 830 g/mol. The molecule has 0 spiro atoms. The molecule has 0 aliphatic carbocycles. The van der Waals surface area contributed by atoms with Crippen LogP contribution >= 0.6 is 0 Å². The van der Waals surface area contributed by atoms with Crippen LogP contribution in [0.1, 0.15) is 124 Å². The fraction of sp³-hybridized carbons (Fsp3) is 0.276. The number of phenols is 1. The van der Waals surface area contributed by atoms with Crippen molar-refractivity contribution < 1.29 is 24.3 Å². The topological polar surface area (TPSA) is 50.9 Å². The molecular formula is C58H61N3O. The highest BCUT2D eigenvalue weighted by Gasteiger charge is 2.30. The maximum atomic E-state index is 12.6. The predicted molar refractivity (Wildman–Crippen MR) is 263 cm³/mol. The van der Waals surface area contributed by atoms with Gasteiger partial charge in [-0.3, -0.25) is 9.55 Å². The first-order valence-corrected chi connectivity index (χ1v) is 20.8. The lowest BCUT2D eigenvalue weighted by Crippen LogP contribution is -2.17. The summed E-state index contributed by atoms with van der Waals surface area (Å²) in [5.74, 6) is 0.264. The number of aromatic hydroxyl groups is 1. The number of rotatable bonds is 6. The van der Waals surface area contributed by atoms with E-state index in [4.69, 9.17) is 29.2 Å². The van der Waals surface area contributed by atoms with Gasteiger partial charge in [-0.05, 0) is 109 Å². The van der Waals surface area contributed by atoms with E-state index in [0.29, 0.717) is 61.4 Å². The molecule has 0 aliphatic rings. The third-order valence-electron chi connectivity index (χ3n) is 11.4. The van der Waals surface area contributed by atoms with E-state index in [0.717, 1.165) is 16.7 Å². The second-order valence-corrected chi connectivity index (χ2v) is 19.2. The fourth-order valence-electron chi connectivity index (χ4n) is 7.88. The quantitative estimate of drug-likeness (QED) is 0.182. The first-order valence-electron chi connectivity index (χ1n) is 27.8. The van der Waals surface area contributed by atoms with Gasteiger partial charge in [-0.1, -0.05) is 174 Å². The number of phenolic OH excluding ortho intramolecular Hbond substituents is 1. The van der Waals surface area contributed by atoms with E-state index in [1.807, 2.05) is 67.8 Å². The molecule has 0 amide bonds. The van der Waals surface area contributed by atoms with E-state index in [-0.39, 0.29) is 29.2 Å². The van der Waals surface area contributed by atoms with Crippen LogP contribution in [0.2, 0.25) is 0 Å². The normalized spacial score (nSPS) is 16.5. The average molecular weight is 830 g/mol. The van der Waals surface area contributed by atoms with Gasteiger partial charge in [-0.15, -0.1) is 0 Å². The van der Waals surface area contributed by atoms with Gasteiger partial charge in [0, 0.05) is 40.8 Å². The number of nitrogens with zero attached hydrogens (tertiary/aromatic N) is 3. The number of fused-ring (bicyclic) bond motifs is 1. The number of benzene rings is 6. The van der Waals surface area contributed by atoms with Crippen molar-refractivity contribution in [3.8, 4) is 67.5 Å². The maximum absolute atomic E-state index is 12.6. The zero-order chi connectivity index (χ0) is 56.2. The minimum Gasteiger partial charge on any atom is -0.507 e. The van der Waals surface area contributed by atoms with Crippen LogP contribution in [0.5, 0.6) is 5.75 Å². The summed E-state index contributed by atoms with van der Waals surface area (Å²) >= 11 is 0. The van der Waals surface area contributed by atoms with Gasteiger partial charge in [0.25, 0.3) is 0 Å². The lowest BCUT2D eigenvalue weighted by atomic mass is 9.79. The average Bonchev–Trinajstić information content (AvgIpc) is 3.70. The number of para-hydroxylation sites is 1. The molecule has 0 bridgehead atoms. The largest absolute Gasteiger partial charge is 0.507 e. The van der Waals surface area contributed by atoms with Crippen LogP contribution in [0.4, 0.5) is 0 Å². The van der Waals surface area contributed by atoms with Gasteiger partial charge in [0.05, 0.1) is 34.8 Å². The molecule has 0 unspecified atom stereocenters. The first-order chi connectivity index (χ1) is 35.0. The highest BCUT2D eigenvalue weighted by Crippen LogP contribution is 2.46. The van der Waals surface area contributed by atoms with Gasteiger partial charge < -0.3 is 5.11 Å². The molecule has 62 heavy (non-hydrogen) atoms. The Morgan fingerprint density at radius 1 is 0.532 bits per heavy atom. The Bertz CT molecular complexity index is 3510. The van der Waals surface area contributed by atoms with Crippen molar-refractivity contribution in [2.45, 2.75) is 105 Å². The minimum atomic E-state index is -3.53. The minimum absolute atomic E-state index is 0.0233. The molecule has 314 valence electrons. The number of aromatic nitrogens is 3. The van der Waals surface area contributed by atoms with Crippen molar-refractivity contribution in [3.05, 3.63) is 168 Å². The standard InChI is InChI=1S/C58H61N3O/c1-55(2,3)42-26-27-50(46(34-42)38-22-17-14-18-23-38)61-51-25-19-24-45(52(51)60-54(61)47-35-44(57(7,8)9)36-48(53(47)62)58(10,11)12)40-30-41(32-43(31-40)56(4,5)6)49-33-39(28-29-59-49)37-20-15-13-16-21-37/h13-36,62H,1-12H3/i1D3,2D3,3D3,13D,15D,16D,20D,21D. The van der Waals surface area contributed by atoms with E-state index in [2.05, 4.69) is 47.6 Å². The molecule has 2 heterocycles. The molecule has 0 atom stereocenters. The maximum Gasteiger partial charge on any atom is 0.149 e. The molecule has 4 nitrogen and oxygen atoms in total. The zero-order valence-corrected chi connectivity index (χ0v) is 36.8. The summed E-state index contributed by atoms with van der Waals surface area (Å²) in [6, 6.07) is 29.9. The third kappa shape index (κ3) is 8.23. The van der Waals surface area contributed by atoms with Crippen LogP contribution < -0.4 is 0 Å². The van der Waals surface area contributed by atoms with E-state index in [1.165, 1.54) is 18.2 Å². The molecule has 0 radical (unpaired) electrons. The van der Waals surface area contributed by atoms with E-state index >= 15 is 0 Å². The van der Waals surface area contributed by atoms with E-state index in [9.17, 15) is 5.11 Å². The Morgan fingerprint density at radius 2 is 1.21 bits per heavy atom. The summed E-state index contributed by atoms with van der Waals surface area (Å²) in [4.78, 5) is 10.2. The molecule has 6 aromatic carbocycles. The van der Waals surface area contributed by atoms with E-state index in [1.54, 1.807) is 48.7 Å². The van der Waals surface area contributed by atoms with Crippen molar-refractivity contribution in [2.24, 2.45) is 0 Å². The Morgan fingerprint density at radius 3 is 1.89 bits per heavy atom. The molecule has 0 saturated carbocycles. The van der Waals surface area contributed by atoms with Gasteiger partial charge in [-0.25, -0.2) is 4.98 Å². The zero-order valence-electron chi connectivity index (χ0n) is 50.8. The van der Waals surface area contributed by atoms with Gasteiger partial charge in [0.2, 0.25) is 0 Å². The van der Waals surface area contributed by atoms with Crippen LogP contribution in [0.25, 0.3) is 72.7 Å². The molecule has 8 aromatic rings. The Balaban J connectivity index is 1.51. The molecule has 8 rings (SSSR count). The Hall–Kier alpha value is -6.26. The van der Waals surface area contributed by atoms with Crippen LogP contribution in [0.3, 0.4) is 0 Å². The Labute approximate surface area is 389 Å². The highest BCUT2D eigenvalue weighted by molar-refractivity contribution is 5.98. The summed E-state index contributed by atoms with van der Waals surface area (Å²) in [6.45, 7) is 7.89. The summed E-state index contributed by atoms with van der Waals surface area (Å²) in [7, 11) is 0. The number of imidazole rings is 1. The van der Waals surface area contributed by atoms with Gasteiger partial charge in [0.1, 0.15) is 11.6 Å². The molecule has 0 aliphatic heterocycles. The lowest BCUT2D eigenvalue weighted by Gasteiger charge is -2.28. The fourth-order valence-corrected chi connectivity index (χ4v) is 7.88. The second kappa shape index (κ2) is 15.6. The van der Waals surface area contributed by atoms with Crippen LogP contribution in [0.15, 0.2) is 146 Å². The van der Waals surface area contributed by atoms with Crippen molar-refractivity contribution in [3.63, 3.8) is 0 Å². The Kier molecular flexibility index (Phi) is 7.13. The van der Waals surface area contributed by atoms with Crippen molar-refractivity contribution in [1.82, 2.24) is 14.5 Å². The second-order valence-electron chi connectivity index (χ2n) is 19.2. The molecule has 4 heteroatoms. The van der Waals surface area contributed by atoms with Crippen molar-refractivity contribution in [1.29, 1.82) is 0 Å². The molecule has 1 N–H and O–H groups in total. The SMILES string of the molecule is [2H]c1c([2H])c([2H])c(-c2ccnc(-c3cc(-c4cccc5c4nc(-c4cc(C(C)(C)C)cc(C(C)(C)C)c4O)n5-c4ccc(C(C([2H])([2H])[2H])(C([2H])([2H])[2H])C([2H])([2H])[2H])cc4-c4ccccc4)cc(C(C)(C)C)c3)c2)c([2H])c1[2H]. The number of hydrogen-bond acceptors (Lipinski definition) is 3. The summed E-state index contributed by atoms with van der Waals surface area (Å²) in [5, 5.41) is 12.6. The first kappa shape index (κ1) is 28.4. The number of hydrogen-bond donors (Lipinski definition) is 1. The van der Waals surface area contributed by atoms with Gasteiger partial charge in [0.15, 0.2) is 0 Å². The van der Waals surface area contributed by atoms with Crippen molar-refractivity contribution >= 4 is 11.0 Å². The third-order valence-corrected chi connectivity index (χ3v) is 11.4. The van der Waals surface area contributed by atoms with Crippen LogP contribution in [0, 0.1) is 0 Å². The molecule has 0 fully saturated rings.